The van der Waals surface area contributed by atoms with E-state index < -0.39 is 6.09 Å². The van der Waals surface area contributed by atoms with Crippen LogP contribution in [0.4, 0.5) is 4.79 Å². The highest BCUT2D eigenvalue weighted by Gasteiger charge is 2.28. The molecule has 4 nitrogen and oxygen atoms in total. The second-order valence-electron chi connectivity index (χ2n) is 6.84. The van der Waals surface area contributed by atoms with E-state index in [2.05, 4.69) is 34.6 Å². The largest absolute Gasteiger partial charge is 0.449 e. The van der Waals surface area contributed by atoms with E-state index in [1.54, 1.807) is 18.5 Å². The first kappa shape index (κ1) is 19.2. The molecule has 0 atom stereocenters. The SMILES string of the molecule is O=C(NCCC=Cc1cnccc1Cl)OCC1c2ccccc2-c2ccccc21. The minimum Gasteiger partial charge on any atom is -0.449 e. The van der Waals surface area contributed by atoms with Crippen molar-refractivity contribution < 1.29 is 9.53 Å². The van der Waals surface area contributed by atoms with Gasteiger partial charge in [-0.15, -0.1) is 0 Å². The van der Waals surface area contributed by atoms with Gasteiger partial charge in [-0.3, -0.25) is 4.98 Å². The van der Waals surface area contributed by atoms with Gasteiger partial charge in [-0.05, 0) is 34.7 Å². The molecule has 0 saturated carbocycles. The number of carbonyl (C=O) groups excluding carboxylic acids is 1. The highest BCUT2D eigenvalue weighted by atomic mass is 35.5. The van der Waals surface area contributed by atoms with Crippen molar-refractivity contribution in [2.24, 2.45) is 0 Å². The fourth-order valence-corrected chi connectivity index (χ4v) is 3.80. The maximum atomic E-state index is 12.1. The summed E-state index contributed by atoms with van der Waals surface area (Å²) >= 11 is 6.08. The second-order valence-corrected chi connectivity index (χ2v) is 7.25. The summed E-state index contributed by atoms with van der Waals surface area (Å²) in [6.45, 7) is 0.812. The Balaban J connectivity index is 1.29. The van der Waals surface area contributed by atoms with Gasteiger partial charge >= 0.3 is 6.09 Å². The Bertz CT molecular complexity index is 1000. The summed E-state index contributed by atoms with van der Waals surface area (Å²) in [6.07, 6.45) is 7.48. The van der Waals surface area contributed by atoms with E-state index in [1.807, 2.05) is 36.4 Å². The number of carbonyl (C=O) groups is 1. The van der Waals surface area contributed by atoms with E-state index in [-0.39, 0.29) is 5.92 Å². The van der Waals surface area contributed by atoms with Crippen LogP contribution >= 0.6 is 11.6 Å². The Labute approximate surface area is 175 Å². The van der Waals surface area contributed by atoms with Crippen LogP contribution in [-0.4, -0.2) is 24.2 Å². The van der Waals surface area contributed by atoms with Gasteiger partial charge in [0.2, 0.25) is 0 Å². The summed E-state index contributed by atoms with van der Waals surface area (Å²) in [5.74, 6) is 0.0702. The molecule has 146 valence electrons. The van der Waals surface area contributed by atoms with E-state index in [4.69, 9.17) is 16.3 Å². The Morgan fingerprint density at radius 3 is 2.45 bits per heavy atom. The van der Waals surface area contributed by atoms with Crippen molar-refractivity contribution in [2.75, 3.05) is 13.2 Å². The molecule has 4 rings (SSSR count). The van der Waals surface area contributed by atoms with E-state index in [0.717, 1.165) is 5.56 Å². The van der Waals surface area contributed by atoms with Gasteiger partial charge in [0.15, 0.2) is 0 Å². The smallest absolute Gasteiger partial charge is 0.407 e. The Kier molecular flexibility index (Phi) is 5.92. The van der Waals surface area contributed by atoms with E-state index in [9.17, 15) is 4.79 Å². The third-order valence-corrected chi connectivity index (χ3v) is 5.36. The van der Waals surface area contributed by atoms with E-state index >= 15 is 0 Å². The third-order valence-electron chi connectivity index (χ3n) is 5.02. The molecule has 0 aliphatic heterocycles. The van der Waals surface area contributed by atoms with Crippen LogP contribution < -0.4 is 5.32 Å². The molecule has 1 aromatic heterocycles. The second kappa shape index (κ2) is 8.93. The number of rotatable bonds is 6. The van der Waals surface area contributed by atoms with Crippen LogP contribution in [0, 0.1) is 0 Å². The number of hydrogen-bond donors (Lipinski definition) is 1. The average molecular weight is 405 g/mol. The predicted octanol–water partition coefficient (Wildman–Crippen LogP) is 5.68. The maximum Gasteiger partial charge on any atom is 0.407 e. The number of fused-ring (bicyclic) bond motifs is 3. The molecule has 5 heteroatoms. The van der Waals surface area contributed by atoms with Crippen molar-refractivity contribution in [1.29, 1.82) is 0 Å². The number of alkyl carbamates (subject to hydrolysis) is 1. The van der Waals surface area contributed by atoms with Gasteiger partial charge in [0, 0.05) is 30.4 Å². The van der Waals surface area contributed by atoms with Gasteiger partial charge in [0.25, 0.3) is 0 Å². The van der Waals surface area contributed by atoms with Gasteiger partial charge in [-0.2, -0.15) is 0 Å². The minimum atomic E-state index is -0.403. The molecule has 1 aliphatic carbocycles. The lowest BCUT2D eigenvalue weighted by molar-refractivity contribution is 0.143. The summed E-state index contributed by atoms with van der Waals surface area (Å²) in [5, 5.41) is 3.45. The van der Waals surface area contributed by atoms with Crippen molar-refractivity contribution in [1.82, 2.24) is 10.3 Å². The van der Waals surface area contributed by atoms with Crippen LogP contribution in [0.3, 0.4) is 0 Å². The number of benzene rings is 2. The number of ether oxygens (including phenoxy) is 1. The molecule has 29 heavy (non-hydrogen) atoms. The molecule has 0 radical (unpaired) electrons. The van der Waals surface area contributed by atoms with Crippen LogP contribution in [0.5, 0.6) is 0 Å². The molecule has 0 fully saturated rings. The molecule has 1 heterocycles. The first-order valence-electron chi connectivity index (χ1n) is 9.59. The first-order chi connectivity index (χ1) is 14.2. The summed E-state index contributed by atoms with van der Waals surface area (Å²) in [7, 11) is 0. The van der Waals surface area contributed by atoms with E-state index in [1.165, 1.54) is 22.3 Å². The van der Waals surface area contributed by atoms with E-state index in [0.29, 0.717) is 24.6 Å². The van der Waals surface area contributed by atoms with Crippen molar-refractivity contribution in [3.63, 3.8) is 0 Å². The zero-order valence-corrected chi connectivity index (χ0v) is 16.6. The van der Waals surface area contributed by atoms with Crippen molar-refractivity contribution in [3.05, 3.63) is 94.8 Å². The Morgan fingerprint density at radius 2 is 1.76 bits per heavy atom. The van der Waals surface area contributed by atoms with Crippen LogP contribution in [-0.2, 0) is 4.74 Å². The Morgan fingerprint density at radius 1 is 1.07 bits per heavy atom. The molecule has 0 unspecified atom stereocenters. The molecule has 0 bridgehead atoms. The number of hydrogen-bond acceptors (Lipinski definition) is 3. The monoisotopic (exact) mass is 404 g/mol. The molecule has 0 saturated heterocycles. The van der Waals surface area contributed by atoms with Crippen LogP contribution in [0.2, 0.25) is 5.02 Å². The summed E-state index contributed by atoms with van der Waals surface area (Å²) in [4.78, 5) is 16.2. The average Bonchev–Trinajstić information content (AvgIpc) is 3.07. The maximum absolute atomic E-state index is 12.1. The van der Waals surface area contributed by atoms with Gasteiger partial charge < -0.3 is 10.1 Å². The number of nitrogens with one attached hydrogen (secondary N) is 1. The van der Waals surface area contributed by atoms with Crippen molar-refractivity contribution >= 4 is 23.8 Å². The minimum absolute atomic E-state index is 0.0702. The number of nitrogens with zero attached hydrogens (tertiary/aromatic N) is 1. The molecular formula is C24H21ClN2O2. The van der Waals surface area contributed by atoms with Gasteiger partial charge in [0.05, 0.1) is 5.02 Å². The van der Waals surface area contributed by atoms with Gasteiger partial charge in [0.1, 0.15) is 6.61 Å². The number of aromatic nitrogens is 1. The predicted molar refractivity (Wildman–Crippen MR) is 116 cm³/mol. The zero-order chi connectivity index (χ0) is 20.1. The fraction of sp³-hybridized carbons (Fsp3) is 0.167. The summed E-state index contributed by atoms with van der Waals surface area (Å²) in [5.41, 5.74) is 5.71. The normalized spacial score (nSPS) is 12.6. The molecule has 0 spiro atoms. The molecule has 2 aromatic carbocycles. The van der Waals surface area contributed by atoms with Gasteiger partial charge in [-0.25, -0.2) is 4.79 Å². The first-order valence-corrected chi connectivity index (χ1v) is 9.97. The van der Waals surface area contributed by atoms with Crippen LogP contribution in [0.1, 0.15) is 29.0 Å². The standard InChI is InChI=1S/C24H21ClN2O2/c25-23-12-14-26-15-17(23)7-5-6-13-27-24(28)29-16-22-20-10-3-1-8-18(20)19-9-2-4-11-21(19)22/h1-5,7-12,14-15,22H,6,13,16H2,(H,27,28). The summed E-state index contributed by atoms with van der Waals surface area (Å²) < 4.78 is 5.52. The summed E-state index contributed by atoms with van der Waals surface area (Å²) in [6, 6.07) is 18.3. The zero-order valence-electron chi connectivity index (χ0n) is 15.8. The molecule has 1 aliphatic rings. The molecule has 3 aromatic rings. The number of pyridine rings is 1. The van der Waals surface area contributed by atoms with Crippen LogP contribution in [0.25, 0.3) is 17.2 Å². The van der Waals surface area contributed by atoms with Gasteiger partial charge in [-0.1, -0.05) is 72.3 Å². The van der Waals surface area contributed by atoms with Crippen molar-refractivity contribution in [3.8, 4) is 11.1 Å². The fourth-order valence-electron chi connectivity index (χ4n) is 3.63. The number of halogens is 1. The lowest BCUT2D eigenvalue weighted by Crippen LogP contribution is -2.26. The van der Waals surface area contributed by atoms with Crippen molar-refractivity contribution in [2.45, 2.75) is 12.3 Å². The highest BCUT2D eigenvalue weighted by molar-refractivity contribution is 6.32. The molecule has 1 amide bonds. The quantitative estimate of drug-likeness (QED) is 0.538. The topological polar surface area (TPSA) is 51.2 Å². The Hall–Kier alpha value is -3.11. The molecular weight excluding hydrogens is 384 g/mol. The lowest BCUT2D eigenvalue weighted by atomic mass is 9.98. The third kappa shape index (κ3) is 4.33. The highest BCUT2D eigenvalue weighted by Crippen LogP contribution is 2.44. The lowest BCUT2D eigenvalue weighted by Gasteiger charge is -2.14. The number of amides is 1. The molecule has 1 N–H and O–H groups in total. The van der Waals surface area contributed by atoms with Crippen LogP contribution in [0.15, 0.2) is 73.1 Å².